The molecule has 54 heavy (non-hydrogen) atoms. The van der Waals surface area contributed by atoms with Gasteiger partial charge in [0.2, 0.25) is 0 Å². The van der Waals surface area contributed by atoms with E-state index >= 15 is 0 Å². The molecule has 1 atom stereocenters. The van der Waals surface area contributed by atoms with Gasteiger partial charge < -0.3 is 14.2 Å². The number of esters is 3. The highest BCUT2D eigenvalue weighted by Gasteiger charge is 2.19. The molecule has 0 heterocycles. The summed E-state index contributed by atoms with van der Waals surface area (Å²) in [6.45, 7) is 6.34. The molecule has 0 amide bonds. The number of hydrogen-bond donors (Lipinski definition) is 0. The number of carbonyl (C=O) groups is 3. The summed E-state index contributed by atoms with van der Waals surface area (Å²) in [6, 6.07) is 0. The van der Waals surface area contributed by atoms with Crippen molar-refractivity contribution in [2.45, 2.75) is 200 Å². The molecular weight excluding hydrogens is 673 g/mol. The van der Waals surface area contributed by atoms with E-state index in [-0.39, 0.29) is 31.1 Å². The Morgan fingerprint density at radius 3 is 1.20 bits per heavy atom. The van der Waals surface area contributed by atoms with Crippen LogP contribution in [0.15, 0.2) is 72.9 Å². The highest BCUT2D eigenvalue weighted by atomic mass is 16.6. The zero-order valence-electron chi connectivity index (χ0n) is 35.0. The average Bonchev–Trinajstić information content (AvgIpc) is 3.17. The van der Waals surface area contributed by atoms with Crippen molar-refractivity contribution < 1.29 is 28.6 Å². The first kappa shape index (κ1) is 50.9. The number of ether oxygens (including phenoxy) is 3. The lowest BCUT2D eigenvalue weighted by atomic mass is 10.1. The number of unbranched alkanes of at least 4 members (excludes halogenated alkanes) is 15. The first-order chi connectivity index (χ1) is 26.5. The summed E-state index contributed by atoms with van der Waals surface area (Å²) >= 11 is 0. The van der Waals surface area contributed by atoms with Crippen LogP contribution >= 0.6 is 0 Å². The summed E-state index contributed by atoms with van der Waals surface area (Å²) in [5.41, 5.74) is 0. The summed E-state index contributed by atoms with van der Waals surface area (Å²) in [5, 5.41) is 0. The van der Waals surface area contributed by atoms with Crippen LogP contribution in [0.1, 0.15) is 194 Å². The van der Waals surface area contributed by atoms with Gasteiger partial charge in [-0.25, -0.2) is 0 Å². The lowest BCUT2D eigenvalue weighted by Gasteiger charge is -2.18. The normalized spacial score (nSPS) is 12.7. The Morgan fingerprint density at radius 1 is 0.389 bits per heavy atom. The van der Waals surface area contributed by atoms with Crippen molar-refractivity contribution in [3.05, 3.63) is 72.9 Å². The minimum Gasteiger partial charge on any atom is -0.462 e. The summed E-state index contributed by atoms with van der Waals surface area (Å²) in [4.78, 5) is 37.5. The predicted molar refractivity (Wildman–Crippen MR) is 228 cm³/mol. The molecule has 0 fully saturated rings. The van der Waals surface area contributed by atoms with Gasteiger partial charge in [-0.2, -0.15) is 0 Å². The zero-order valence-corrected chi connectivity index (χ0v) is 35.0. The molecule has 0 aliphatic carbocycles. The Kier molecular flexibility index (Phi) is 40.1. The van der Waals surface area contributed by atoms with E-state index < -0.39 is 6.10 Å². The Labute approximate surface area is 332 Å². The van der Waals surface area contributed by atoms with E-state index in [1.165, 1.54) is 25.7 Å². The van der Waals surface area contributed by atoms with E-state index in [1.807, 2.05) is 0 Å². The van der Waals surface area contributed by atoms with Crippen LogP contribution in [0.4, 0.5) is 0 Å². The molecule has 308 valence electrons. The van der Waals surface area contributed by atoms with Crippen LogP contribution in [0.3, 0.4) is 0 Å². The molecule has 0 bridgehead atoms. The van der Waals surface area contributed by atoms with Gasteiger partial charge in [-0.3, -0.25) is 14.4 Å². The summed E-state index contributed by atoms with van der Waals surface area (Å²) < 4.78 is 16.6. The molecule has 0 saturated carbocycles. The van der Waals surface area contributed by atoms with Crippen molar-refractivity contribution in [3.63, 3.8) is 0 Å². The fraction of sp³-hybridized carbons (Fsp3) is 0.688. The molecule has 0 spiro atoms. The first-order valence-corrected chi connectivity index (χ1v) is 21.9. The van der Waals surface area contributed by atoms with Gasteiger partial charge in [0, 0.05) is 19.3 Å². The monoisotopic (exact) mass is 753 g/mol. The van der Waals surface area contributed by atoms with Crippen LogP contribution in [-0.2, 0) is 28.6 Å². The number of rotatable bonds is 38. The van der Waals surface area contributed by atoms with E-state index in [2.05, 4.69) is 93.7 Å². The van der Waals surface area contributed by atoms with Crippen molar-refractivity contribution in [3.8, 4) is 0 Å². The molecule has 1 unspecified atom stereocenters. The molecule has 0 aliphatic heterocycles. The van der Waals surface area contributed by atoms with E-state index in [4.69, 9.17) is 14.2 Å². The number of allylic oxidation sites excluding steroid dienone is 12. The van der Waals surface area contributed by atoms with Gasteiger partial charge in [0.15, 0.2) is 6.10 Å². The van der Waals surface area contributed by atoms with Gasteiger partial charge in [-0.15, -0.1) is 0 Å². The molecule has 0 saturated heterocycles. The molecule has 0 rings (SSSR count). The fourth-order valence-corrected chi connectivity index (χ4v) is 5.64. The Morgan fingerprint density at radius 2 is 0.759 bits per heavy atom. The van der Waals surface area contributed by atoms with Gasteiger partial charge in [-0.1, -0.05) is 164 Å². The lowest BCUT2D eigenvalue weighted by molar-refractivity contribution is -0.167. The lowest BCUT2D eigenvalue weighted by Crippen LogP contribution is -2.30. The molecule has 0 N–H and O–H groups in total. The molecule has 0 radical (unpaired) electrons. The minimum atomic E-state index is -0.787. The van der Waals surface area contributed by atoms with E-state index in [9.17, 15) is 14.4 Å². The van der Waals surface area contributed by atoms with Gasteiger partial charge in [-0.05, 0) is 83.5 Å². The van der Waals surface area contributed by atoms with Crippen molar-refractivity contribution in [1.29, 1.82) is 0 Å². The largest absolute Gasteiger partial charge is 0.462 e. The number of hydrogen-bond acceptors (Lipinski definition) is 6. The highest BCUT2D eigenvalue weighted by Crippen LogP contribution is 2.12. The Hall–Kier alpha value is -3.15. The smallest absolute Gasteiger partial charge is 0.306 e. The van der Waals surface area contributed by atoms with Gasteiger partial charge >= 0.3 is 17.9 Å². The van der Waals surface area contributed by atoms with Crippen molar-refractivity contribution in [2.24, 2.45) is 0 Å². The molecule has 0 aliphatic rings. The summed E-state index contributed by atoms with van der Waals surface area (Å²) in [5.74, 6) is -0.947. The van der Waals surface area contributed by atoms with E-state index in [0.29, 0.717) is 19.3 Å². The Balaban J connectivity index is 4.35. The maximum atomic E-state index is 12.7. The second-order valence-corrected chi connectivity index (χ2v) is 14.2. The second kappa shape index (κ2) is 42.6. The van der Waals surface area contributed by atoms with Gasteiger partial charge in [0.05, 0.1) is 0 Å². The molecule has 6 heteroatoms. The summed E-state index contributed by atoms with van der Waals surface area (Å²) in [7, 11) is 0. The Bertz CT molecular complexity index is 1050. The SMILES string of the molecule is CC/C=C\C/C=C\C/C=C\C/C=C\CCCCCCC(=O)OCC(COC(=O)CCCCCCCC)OC(=O)CCCCCCC/C=C\C/C=C\CCC. The zero-order chi connectivity index (χ0) is 39.4. The second-order valence-electron chi connectivity index (χ2n) is 14.2. The maximum Gasteiger partial charge on any atom is 0.306 e. The van der Waals surface area contributed by atoms with Crippen molar-refractivity contribution >= 4 is 17.9 Å². The van der Waals surface area contributed by atoms with Gasteiger partial charge in [0.1, 0.15) is 13.2 Å². The topological polar surface area (TPSA) is 78.9 Å². The predicted octanol–water partition coefficient (Wildman–Crippen LogP) is 13.9. The minimum absolute atomic E-state index is 0.0904. The molecule has 6 nitrogen and oxygen atoms in total. The third-order valence-corrected chi connectivity index (χ3v) is 8.93. The van der Waals surface area contributed by atoms with E-state index in [0.717, 1.165) is 128 Å². The third kappa shape index (κ3) is 40.0. The van der Waals surface area contributed by atoms with Crippen LogP contribution in [0, 0.1) is 0 Å². The van der Waals surface area contributed by atoms with Crippen LogP contribution in [0.5, 0.6) is 0 Å². The molecular formula is C48H80O6. The third-order valence-electron chi connectivity index (χ3n) is 8.93. The van der Waals surface area contributed by atoms with Crippen molar-refractivity contribution in [2.75, 3.05) is 13.2 Å². The highest BCUT2D eigenvalue weighted by molar-refractivity contribution is 5.71. The van der Waals surface area contributed by atoms with Crippen LogP contribution in [0.25, 0.3) is 0 Å². The van der Waals surface area contributed by atoms with Gasteiger partial charge in [0.25, 0.3) is 0 Å². The maximum absolute atomic E-state index is 12.7. The summed E-state index contributed by atoms with van der Waals surface area (Å²) in [6.07, 6.45) is 51.9. The quantitative estimate of drug-likeness (QED) is 0.0270. The molecule has 0 aromatic heterocycles. The average molecular weight is 753 g/mol. The van der Waals surface area contributed by atoms with Crippen molar-refractivity contribution in [1.82, 2.24) is 0 Å². The fourth-order valence-electron chi connectivity index (χ4n) is 5.64. The van der Waals surface area contributed by atoms with Crippen LogP contribution in [-0.4, -0.2) is 37.2 Å². The van der Waals surface area contributed by atoms with Crippen LogP contribution in [0.2, 0.25) is 0 Å². The first-order valence-electron chi connectivity index (χ1n) is 21.9. The van der Waals surface area contributed by atoms with E-state index in [1.54, 1.807) is 0 Å². The number of carbonyl (C=O) groups excluding carboxylic acids is 3. The standard InChI is InChI=1S/C48H80O6/c1-4-7-10-13-16-18-20-22-23-24-25-27-28-30-32-35-38-41-47(50)53-44-45(43-52-46(49)40-37-34-15-12-9-6-3)54-48(51)42-39-36-33-31-29-26-21-19-17-14-11-8-5-2/h7,10-11,14,16,18-19,21-23,25,27,45H,4-6,8-9,12-13,15,17,20,24,26,28-44H2,1-3H3/b10-7-,14-11-,18-16-,21-19-,23-22-,27-25-. The molecule has 0 aromatic rings. The molecule has 0 aromatic carbocycles. The van der Waals surface area contributed by atoms with Crippen LogP contribution < -0.4 is 0 Å².